The zero-order valence-electron chi connectivity index (χ0n) is 14.2. The molecule has 4 rings (SSSR count). The van der Waals surface area contributed by atoms with Crippen molar-refractivity contribution in [3.05, 3.63) is 58.0 Å². The molecule has 3 aromatic rings. The van der Waals surface area contributed by atoms with Gasteiger partial charge in [0, 0.05) is 34.2 Å². The molecule has 0 unspecified atom stereocenters. The molecule has 26 heavy (non-hydrogen) atoms. The van der Waals surface area contributed by atoms with Gasteiger partial charge in [-0.3, -0.25) is 10.1 Å². The van der Waals surface area contributed by atoms with Gasteiger partial charge < -0.3 is 5.32 Å². The van der Waals surface area contributed by atoms with Crippen molar-refractivity contribution in [1.29, 1.82) is 10.5 Å². The van der Waals surface area contributed by atoms with E-state index < -0.39 is 0 Å². The smallest absolute Gasteiger partial charge is 0.111 e. The summed E-state index contributed by atoms with van der Waals surface area (Å²) in [5.74, 6) is -0.348. The first kappa shape index (κ1) is 16.1. The highest BCUT2D eigenvalue weighted by Crippen LogP contribution is 2.43. The lowest BCUT2D eigenvalue weighted by Gasteiger charge is -2.24. The van der Waals surface area contributed by atoms with Gasteiger partial charge in [-0.1, -0.05) is 0 Å². The number of nitrogens with one attached hydrogen (secondary N) is 2. The van der Waals surface area contributed by atoms with Gasteiger partial charge >= 0.3 is 0 Å². The number of hydrogen-bond acceptors (Lipinski definition) is 6. The third-order valence-corrected chi connectivity index (χ3v) is 5.68. The number of rotatable bonds is 2. The van der Waals surface area contributed by atoms with Gasteiger partial charge in [0.25, 0.3) is 0 Å². The molecule has 0 fully saturated rings. The maximum absolute atomic E-state index is 9.65. The summed E-state index contributed by atoms with van der Waals surface area (Å²) < 4.78 is 0.997. The number of nitriles is 2. The number of nitrogens with zero attached hydrogens (tertiary/aromatic N) is 4. The minimum absolute atomic E-state index is 0.348. The summed E-state index contributed by atoms with van der Waals surface area (Å²) in [6.45, 7) is 3.73. The molecule has 0 spiro atoms. The quantitative estimate of drug-likeness (QED) is 0.722. The van der Waals surface area contributed by atoms with E-state index >= 15 is 0 Å². The van der Waals surface area contributed by atoms with E-state index in [0.717, 1.165) is 37.7 Å². The number of pyridine rings is 1. The van der Waals surface area contributed by atoms with Crippen molar-refractivity contribution in [3.63, 3.8) is 0 Å². The molecule has 0 radical (unpaired) electrons. The molecular weight excluding hydrogens is 344 g/mol. The van der Waals surface area contributed by atoms with Crippen LogP contribution in [0.25, 0.3) is 21.5 Å². The summed E-state index contributed by atoms with van der Waals surface area (Å²) in [7, 11) is 0. The second-order valence-corrected chi connectivity index (χ2v) is 7.15. The Balaban J connectivity index is 1.89. The molecule has 3 aromatic heterocycles. The lowest BCUT2D eigenvalue weighted by molar-refractivity contribution is 0.822. The molecule has 126 valence electrons. The number of aromatic amines is 1. The topological polar surface area (TPSA) is 101 Å². The maximum Gasteiger partial charge on any atom is 0.111 e. The third kappa shape index (κ3) is 2.38. The van der Waals surface area contributed by atoms with Crippen LogP contribution in [0, 0.1) is 22.7 Å². The fourth-order valence-corrected chi connectivity index (χ4v) is 4.49. The fraction of sp³-hybridized carbons (Fsp3) is 0.158. The van der Waals surface area contributed by atoms with Crippen LogP contribution in [0.2, 0.25) is 0 Å². The highest BCUT2D eigenvalue weighted by atomic mass is 32.1. The Bertz CT molecular complexity index is 1110. The third-order valence-electron chi connectivity index (χ3n) is 4.48. The van der Waals surface area contributed by atoms with Gasteiger partial charge in [0.1, 0.15) is 5.69 Å². The van der Waals surface area contributed by atoms with Crippen molar-refractivity contribution in [2.45, 2.75) is 19.8 Å². The first-order valence-electron chi connectivity index (χ1n) is 8.01. The lowest BCUT2D eigenvalue weighted by Crippen LogP contribution is -2.22. The Morgan fingerprint density at radius 2 is 1.88 bits per heavy atom. The van der Waals surface area contributed by atoms with Crippen LogP contribution in [0.15, 0.2) is 53.1 Å². The van der Waals surface area contributed by atoms with Crippen LogP contribution in [-0.2, 0) is 0 Å². The summed E-state index contributed by atoms with van der Waals surface area (Å²) in [4.78, 5) is 5.11. The summed E-state index contributed by atoms with van der Waals surface area (Å²) >= 11 is 1.55. The number of hydrogen-bond donors (Lipinski definition) is 2. The Kier molecular flexibility index (Phi) is 3.80. The molecule has 0 saturated heterocycles. The monoisotopic (exact) mass is 358 g/mol. The van der Waals surface area contributed by atoms with Gasteiger partial charge in [-0.15, -0.1) is 11.3 Å². The average molecular weight is 358 g/mol. The van der Waals surface area contributed by atoms with Crippen molar-refractivity contribution in [1.82, 2.24) is 20.5 Å². The summed E-state index contributed by atoms with van der Waals surface area (Å²) in [5.41, 5.74) is 5.38. The standard InChI is InChI=1S/C19H14N6S/c1-10-13(7-20)17(14(8-21)11(2)23-10)16-6-15-19(26-16)18(25-24-15)12-4-3-5-22-9-12/h3-6,9,17,23H,1-2H3,(H,24,25). The van der Waals surface area contributed by atoms with Gasteiger partial charge in [-0.25, -0.2) is 0 Å². The van der Waals surface area contributed by atoms with Gasteiger partial charge in [0.2, 0.25) is 0 Å². The van der Waals surface area contributed by atoms with Gasteiger partial charge in [-0.2, -0.15) is 15.6 Å². The van der Waals surface area contributed by atoms with Crippen LogP contribution in [-0.4, -0.2) is 15.2 Å². The molecule has 7 heteroatoms. The van der Waals surface area contributed by atoms with Crippen LogP contribution in [0.5, 0.6) is 0 Å². The van der Waals surface area contributed by atoms with Crippen molar-refractivity contribution >= 4 is 21.6 Å². The molecular formula is C19H14N6S. The summed E-state index contributed by atoms with van der Waals surface area (Å²) in [6.07, 6.45) is 3.50. The normalized spacial score (nSPS) is 15.1. The second kappa shape index (κ2) is 6.14. The van der Waals surface area contributed by atoms with Gasteiger partial charge in [0.15, 0.2) is 0 Å². The van der Waals surface area contributed by atoms with E-state index in [4.69, 9.17) is 0 Å². The van der Waals surface area contributed by atoms with E-state index in [1.54, 1.807) is 23.7 Å². The predicted octanol–water partition coefficient (Wildman–Crippen LogP) is 3.97. The Hall–Kier alpha value is -3.42. The molecule has 4 heterocycles. The molecule has 0 aliphatic carbocycles. The fourth-order valence-electron chi connectivity index (χ4n) is 3.25. The number of H-pyrrole nitrogens is 1. The largest absolute Gasteiger partial charge is 0.361 e. The van der Waals surface area contributed by atoms with E-state index in [1.807, 2.05) is 32.0 Å². The van der Waals surface area contributed by atoms with Crippen molar-refractivity contribution in [3.8, 4) is 23.4 Å². The zero-order valence-corrected chi connectivity index (χ0v) is 15.0. The van der Waals surface area contributed by atoms with Crippen LogP contribution >= 0.6 is 11.3 Å². The Morgan fingerprint density at radius 3 is 2.50 bits per heavy atom. The number of dihydropyridines is 1. The van der Waals surface area contributed by atoms with E-state index in [2.05, 4.69) is 32.6 Å². The van der Waals surface area contributed by atoms with Crippen LogP contribution in [0.1, 0.15) is 24.6 Å². The highest BCUT2D eigenvalue weighted by Gasteiger charge is 2.31. The molecule has 1 aliphatic rings. The first-order valence-corrected chi connectivity index (χ1v) is 8.82. The van der Waals surface area contributed by atoms with E-state index in [0.29, 0.717) is 11.1 Å². The number of fused-ring (bicyclic) bond motifs is 1. The predicted molar refractivity (Wildman–Crippen MR) is 99.7 cm³/mol. The van der Waals surface area contributed by atoms with E-state index in [1.165, 1.54) is 0 Å². The highest BCUT2D eigenvalue weighted by molar-refractivity contribution is 7.19. The van der Waals surface area contributed by atoms with Crippen molar-refractivity contribution < 1.29 is 0 Å². The summed E-state index contributed by atoms with van der Waals surface area (Å²) in [6, 6.07) is 10.4. The minimum Gasteiger partial charge on any atom is -0.361 e. The molecule has 2 N–H and O–H groups in total. The van der Waals surface area contributed by atoms with Crippen molar-refractivity contribution in [2.75, 3.05) is 0 Å². The number of allylic oxidation sites excluding steroid dienone is 4. The molecule has 1 aliphatic heterocycles. The minimum atomic E-state index is -0.348. The maximum atomic E-state index is 9.65. The lowest BCUT2D eigenvalue weighted by atomic mass is 9.86. The average Bonchev–Trinajstić information content (AvgIpc) is 3.22. The second-order valence-electron chi connectivity index (χ2n) is 6.06. The van der Waals surface area contributed by atoms with Gasteiger partial charge in [-0.05, 0) is 32.0 Å². The Morgan fingerprint density at radius 1 is 1.15 bits per heavy atom. The molecule has 0 saturated carbocycles. The number of aromatic nitrogens is 3. The summed E-state index contributed by atoms with van der Waals surface area (Å²) in [5, 5.41) is 29.9. The molecule has 0 aromatic carbocycles. The van der Waals surface area contributed by atoms with Crippen LogP contribution in [0.3, 0.4) is 0 Å². The first-order chi connectivity index (χ1) is 12.6. The van der Waals surface area contributed by atoms with Crippen LogP contribution in [0.4, 0.5) is 0 Å². The molecule has 0 bridgehead atoms. The van der Waals surface area contributed by atoms with Gasteiger partial charge in [0.05, 0.1) is 39.4 Å². The Labute approximate surface area is 154 Å². The van der Waals surface area contributed by atoms with Crippen molar-refractivity contribution in [2.24, 2.45) is 0 Å². The van der Waals surface area contributed by atoms with E-state index in [9.17, 15) is 10.5 Å². The van der Waals surface area contributed by atoms with Crippen LogP contribution < -0.4 is 5.32 Å². The number of thiophene rings is 1. The molecule has 0 amide bonds. The zero-order chi connectivity index (χ0) is 18.3. The molecule has 6 nitrogen and oxygen atoms in total. The van der Waals surface area contributed by atoms with E-state index in [-0.39, 0.29) is 5.92 Å². The molecule has 0 atom stereocenters. The SMILES string of the molecule is CC1=C(C#N)C(c2cc3[nH]nc(-c4cccnc4)c3s2)C(C#N)=C(C)N1.